The van der Waals surface area contributed by atoms with Gasteiger partial charge in [-0.3, -0.25) is 4.79 Å². The molecule has 110 valence electrons. The molecule has 0 radical (unpaired) electrons. The van der Waals surface area contributed by atoms with Crippen molar-refractivity contribution in [3.05, 3.63) is 23.0 Å². The molecule has 0 saturated carbocycles. The van der Waals surface area contributed by atoms with Crippen LogP contribution >= 0.6 is 11.6 Å². The van der Waals surface area contributed by atoms with Gasteiger partial charge < -0.3 is 16.0 Å². The van der Waals surface area contributed by atoms with E-state index in [-0.39, 0.29) is 11.1 Å². The normalized spacial score (nSPS) is 16.1. The highest BCUT2D eigenvalue weighted by Crippen LogP contribution is 2.14. The van der Waals surface area contributed by atoms with Gasteiger partial charge in [-0.1, -0.05) is 18.0 Å². The third kappa shape index (κ3) is 4.35. The van der Waals surface area contributed by atoms with Gasteiger partial charge in [-0.2, -0.15) is 0 Å². The number of piperidine rings is 1. The standard InChI is InChI=1S/C14H21ClN4O/c15-13-9-11(12(16)10-18-13)14(20)17-5-4-8-19-6-2-1-3-7-19/h9-10H,1-8,16H2,(H,17,20). The number of pyridine rings is 1. The average Bonchev–Trinajstić information content (AvgIpc) is 2.47. The lowest BCUT2D eigenvalue weighted by Gasteiger charge is -2.26. The van der Waals surface area contributed by atoms with Crippen LogP contribution < -0.4 is 11.1 Å². The number of nitrogens with one attached hydrogen (secondary N) is 1. The van der Waals surface area contributed by atoms with Crippen LogP contribution in [0.1, 0.15) is 36.0 Å². The van der Waals surface area contributed by atoms with E-state index in [4.69, 9.17) is 17.3 Å². The van der Waals surface area contributed by atoms with E-state index in [1.54, 1.807) is 0 Å². The molecule has 1 amide bonds. The number of carbonyl (C=O) groups is 1. The summed E-state index contributed by atoms with van der Waals surface area (Å²) in [7, 11) is 0. The molecule has 20 heavy (non-hydrogen) atoms. The number of nitrogens with zero attached hydrogens (tertiary/aromatic N) is 2. The molecule has 0 atom stereocenters. The molecule has 5 nitrogen and oxygen atoms in total. The van der Waals surface area contributed by atoms with Crippen molar-refractivity contribution in [2.45, 2.75) is 25.7 Å². The predicted octanol–water partition coefficient (Wildman–Crippen LogP) is 1.92. The largest absolute Gasteiger partial charge is 0.397 e. The highest BCUT2D eigenvalue weighted by Gasteiger charge is 2.12. The lowest BCUT2D eigenvalue weighted by atomic mass is 10.1. The van der Waals surface area contributed by atoms with Crippen molar-refractivity contribution in [1.29, 1.82) is 0 Å². The van der Waals surface area contributed by atoms with E-state index in [0.717, 1.165) is 13.0 Å². The Hall–Kier alpha value is -1.33. The lowest BCUT2D eigenvalue weighted by Crippen LogP contribution is -2.33. The summed E-state index contributed by atoms with van der Waals surface area (Å²) >= 11 is 5.77. The number of anilines is 1. The fourth-order valence-electron chi connectivity index (χ4n) is 2.42. The van der Waals surface area contributed by atoms with Gasteiger partial charge in [-0.05, 0) is 45.0 Å². The third-order valence-electron chi connectivity index (χ3n) is 3.53. The zero-order chi connectivity index (χ0) is 14.4. The molecule has 0 bridgehead atoms. The molecule has 1 aliphatic rings. The first-order valence-electron chi connectivity index (χ1n) is 7.08. The van der Waals surface area contributed by atoms with Gasteiger partial charge in [0.15, 0.2) is 0 Å². The van der Waals surface area contributed by atoms with Crippen LogP contribution in [-0.2, 0) is 0 Å². The summed E-state index contributed by atoms with van der Waals surface area (Å²) in [6, 6.07) is 1.50. The number of nitrogens with two attached hydrogens (primary N) is 1. The second-order valence-electron chi connectivity index (χ2n) is 5.11. The van der Waals surface area contributed by atoms with E-state index in [2.05, 4.69) is 15.2 Å². The summed E-state index contributed by atoms with van der Waals surface area (Å²) < 4.78 is 0. The van der Waals surface area contributed by atoms with Crippen LogP contribution in [0.2, 0.25) is 5.15 Å². The molecule has 0 aliphatic carbocycles. The summed E-state index contributed by atoms with van der Waals surface area (Å²) in [4.78, 5) is 18.3. The lowest BCUT2D eigenvalue weighted by molar-refractivity contribution is 0.0952. The highest BCUT2D eigenvalue weighted by molar-refractivity contribution is 6.29. The van der Waals surface area contributed by atoms with Crippen LogP contribution in [0.4, 0.5) is 5.69 Å². The van der Waals surface area contributed by atoms with E-state index in [1.807, 2.05) is 0 Å². The molecule has 1 aliphatic heterocycles. The van der Waals surface area contributed by atoms with Crippen LogP contribution in [-0.4, -0.2) is 42.0 Å². The maximum absolute atomic E-state index is 12.0. The minimum atomic E-state index is -0.189. The first-order valence-corrected chi connectivity index (χ1v) is 7.46. The van der Waals surface area contributed by atoms with E-state index in [9.17, 15) is 4.79 Å². The number of likely N-dealkylation sites (tertiary alicyclic amines) is 1. The van der Waals surface area contributed by atoms with Crippen molar-refractivity contribution >= 4 is 23.2 Å². The Balaban J connectivity index is 1.73. The molecule has 1 saturated heterocycles. The minimum absolute atomic E-state index is 0.189. The summed E-state index contributed by atoms with van der Waals surface area (Å²) in [5.41, 5.74) is 6.46. The Kier molecular flexibility index (Phi) is 5.61. The second kappa shape index (κ2) is 7.45. The molecular formula is C14H21ClN4O. The van der Waals surface area contributed by atoms with E-state index in [1.165, 1.54) is 44.6 Å². The van der Waals surface area contributed by atoms with Crippen LogP contribution in [0.15, 0.2) is 12.3 Å². The van der Waals surface area contributed by atoms with Crippen molar-refractivity contribution in [1.82, 2.24) is 15.2 Å². The number of amides is 1. The molecule has 1 aromatic rings. The zero-order valence-electron chi connectivity index (χ0n) is 11.6. The molecule has 2 rings (SSSR count). The first-order chi connectivity index (χ1) is 9.66. The molecule has 3 N–H and O–H groups in total. The number of rotatable bonds is 5. The van der Waals surface area contributed by atoms with Crippen molar-refractivity contribution in [3.63, 3.8) is 0 Å². The Bertz CT molecular complexity index is 460. The van der Waals surface area contributed by atoms with Gasteiger partial charge in [0.2, 0.25) is 0 Å². The molecule has 1 fully saturated rings. The summed E-state index contributed by atoms with van der Waals surface area (Å²) in [5.74, 6) is -0.189. The maximum atomic E-state index is 12.0. The smallest absolute Gasteiger partial charge is 0.253 e. The summed E-state index contributed by atoms with van der Waals surface area (Å²) in [6.07, 6.45) is 6.28. The topological polar surface area (TPSA) is 71.2 Å². The number of aromatic nitrogens is 1. The zero-order valence-corrected chi connectivity index (χ0v) is 12.3. The van der Waals surface area contributed by atoms with Crippen molar-refractivity contribution in [2.24, 2.45) is 0 Å². The van der Waals surface area contributed by atoms with Crippen LogP contribution in [0.3, 0.4) is 0 Å². The molecule has 0 spiro atoms. The molecule has 2 heterocycles. The predicted molar refractivity (Wildman–Crippen MR) is 80.9 cm³/mol. The number of halogens is 1. The SMILES string of the molecule is Nc1cnc(Cl)cc1C(=O)NCCCN1CCCCC1. The van der Waals surface area contributed by atoms with E-state index < -0.39 is 0 Å². The number of hydrogen-bond acceptors (Lipinski definition) is 4. The highest BCUT2D eigenvalue weighted by atomic mass is 35.5. The molecular weight excluding hydrogens is 276 g/mol. The summed E-state index contributed by atoms with van der Waals surface area (Å²) in [6.45, 7) is 4.04. The number of hydrogen-bond donors (Lipinski definition) is 2. The second-order valence-corrected chi connectivity index (χ2v) is 5.49. The molecule has 6 heteroatoms. The monoisotopic (exact) mass is 296 g/mol. The Morgan fingerprint density at radius 2 is 2.15 bits per heavy atom. The van der Waals surface area contributed by atoms with Gasteiger partial charge in [0.1, 0.15) is 5.15 Å². The third-order valence-corrected chi connectivity index (χ3v) is 3.74. The number of carbonyl (C=O) groups excluding carboxylic acids is 1. The van der Waals surface area contributed by atoms with Gasteiger partial charge in [0.25, 0.3) is 5.91 Å². The molecule has 0 unspecified atom stereocenters. The fourth-order valence-corrected chi connectivity index (χ4v) is 2.58. The van der Waals surface area contributed by atoms with Crippen LogP contribution in [0.5, 0.6) is 0 Å². The maximum Gasteiger partial charge on any atom is 0.253 e. The van der Waals surface area contributed by atoms with E-state index >= 15 is 0 Å². The first kappa shape index (κ1) is 15.1. The van der Waals surface area contributed by atoms with Gasteiger partial charge in [-0.15, -0.1) is 0 Å². The van der Waals surface area contributed by atoms with E-state index in [0.29, 0.717) is 17.8 Å². The number of nitrogen functional groups attached to an aromatic ring is 1. The van der Waals surface area contributed by atoms with Gasteiger partial charge in [-0.25, -0.2) is 4.98 Å². The summed E-state index contributed by atoms with van der Waals surface area (Å²) in [5, 5.41) is 3.15. The molecule has 0 aromatic carbocycles. The Morgan fingerprint density at radius 3 is 2.90 bits per heavy atom. The quantitative estimate of drug-likeness (QED) is 0.643. The van der Waals surface area contributed by atoms with Gasteiger partial charge >= 0.3 is 0 Å². The van der Waals surface area contributed by atoms with Crippen LogP contribution in [0.25, 0.3) is 0 Å². The van der Waals surface area contributed by atoms with Crippen LogP contribution in [0, 0.1) is 0 Å². The van der Waals surface area contributed by atoms with Crippen molar-refractivity contribution in [3.8, 4) is 0 Å². The van der Waals surface area contributed by atoms with Gasteiger partial charge in [0, 0.05) is 6.54 Å². The Labute approximate surface area is 124 Å². The minimum Gasteiger partial charge on any atom is -0.397 e. The van der Waals surface area contributed by atoms with Crippen molar-refractivity contribution < 1.29 is 4.79 Å². The van der Waals surface area contributed by atoms with Crippen molar-refractivity contribution in [2.75, 3.05) is 31.9 Å². The fraction of sp³-hybridized carbons (Fsp3) is 0.571. The Morgan fingerprint density at radius 1 is 1.40 bits per heavy atom. The average molecular weight is 297 g/mol. The molecule has 1 aromatic heterocycles. The van der Waals surface area contributed by atoms with Gasteiger partial charge in [0.05, 0.1) is 17.4 Å².